The molecule has 0 bridgehead atoms. The van der Waals surface area contributed by atoms with Crippen LogP contribution in [0.3, 0.4) is 0 Å². The Bertz CT molecular complexity index is 400. The minimum atomic E-state index is -0.0940. The Morgan fingerprint density at radius 3 is 2.63 bits per heavy atom. The van der Waals surface area contributed by atoms with Crippen molar-refractivity contribution in [3.05, 3.63) is 29.6 Å². The number of benzene rings is 1. The summed E-state index contributed by atoms with van der Waals surface area (Å²) in [5.74, 6) is -0.0940. The lowest BCUT2D eigenvalue weighted by atomic mass is 9.94. The maximum Gasteiger partial charge on any atom is 0.146 e. The van der Waals surface area contributed by atoms with Crippen LogP contribution in [0.4, 0.5) is 10.1 Å². The molecule has 0 saturated heterocycles. The number of hydrogen-bond donors (Lipinski definition) is 1. The van der Waals surface area contributed by atoms with Gasteiger partial charge in [0.05, 0.1) is 5.69 Å². The van der Waals surface area contributed by atoms with Crippen molar-refractivity contribution in [2.75, 3.05) is 18.5 Å². The largest absolute Gasteiger partial charge is 0.369 e. The first-order valence-electron chi connectivity index (χ1n) is 7.44. The molecule has 0 aliphatic heterocycles. The van der Waals surface area contributed by atoms with Crippen LogP contribution in [0.5, 0.6) is 0 Å². The Hall–Kier alpha value is -1.09. The quantitative estimate of drug-likeness (QED) is 0.872. The Labute approximate surface area is 116 Å². The van der Waals surface area contributed by atoms with Crippen molar-refractivity contribution in [3.63, 3.8) is 0 Å². The van der Waals surface area contributed by atoms with Crippen molar-refractivity contribution in [3.8, 4) is 0 Å². The molecule has 1 saturated carbocycles. The molecule has 1 aliphatic rings. The summed E-state index contributed by atoms with van der Waals surface area (Å²) in [5, 5.41) is 3.22. The van der Waals surface area contributed by atoms with Gasteiger partial charge in [0.25, 0.3) is 0 Å². The normalized spacial score (nSPS) is 16.6. The highest BCUT2D eigenvalue weighted by Gasteiger charge is 2.20. The number of halogens is 1. The predicted molar refractivity (Wildman–Crippen MR) is 79.1 cm³/mol. The summed E-state index contributed by atoms with van der Waals surface area (Å²) in [6.07, 6.45) is 6.25. The molecule has 0 heterocycles. The van der Waals surface area contributed by atoms with Gasteiger partial charge in [-0.25, -0.2) is 4.39 Å². The second-order valence-electron chi connectivity index (χ2n) is 5.47. The number of rotatable bonds is 5. The average Bonchev–Trinajstić information content (AvgIpc) is 2.45. The van der Waals surface area contributed by atoms with Gasteiger partial charge < -0.3 is 10.2 Å². The van der Waals surface area contributed by atoms with E-state index in [1.807, 2.05) is 19.2 Å². The van der Waals surface area contributed by atoms with Gasteiger partial charge in [-0.05, 0) is 37.1 Å². The van der Waals surface area contributed by atoms with Gasteiger partial charge in [0.15, 0.2) is 0 Å². The number of anilines is 1. The van der Waals surface area contributed by atoms with Crippen LogP contribution in [-0.2, 0) is 6.54 Å². The van der Waals surface area contributed by atoms with Crippen molar-refractivity contribution in [2.45, 2.75) is 51.6 Å². The van der Waals surface area contributed by atoms with Crippen molar-refractivity contribution >= 4 is 5.69 Å². The highest BCUT2D eigenvalue weighted by Crippen LogP contribution is 2.28. The standard InChI is InChI=1S/C16H25FN2/c1-3-18-12-13-9-10-16(15(17)11-13)19(2)14-7-5-4-6-8-14/h9-11,14,18H,3-8,12H2,1-2H3. The minimum Gasteiger partial charge on any atom is -0.369 e. The lowest BCUT2D eigenvalue weighted by molar-refractivity contribution is 0.424. The third kappa shape index (κ3) is 3.69. The molecule has 1 N–H and O–H groups in total. The van der Waals surface area contributed by atoms with Gasteiger partial charge in [-0.3, -0.25) is 0 Å². The van der Waals surface area contributed by atoms with E-state index in [1.165, 1.54) is 32.1 Å². The monoisotopic (exact) mass is 264 g/mol. The molecule has 19 heavy (non-hydrogen) atoms. The van der Waals surface area contributed by atoms with Gasteiger partial charge in [-0.15, -0.1) is 0 Å². The number of hydrogen-bond acceptors (Lipinski definition) is 2. The first-order valence-corrected chi connectivity index (χ1v) is 7.44. The van der Waals surface area contributed by atoms with E-state index in [2.05, 4.69) is 17.1 Å². The molecule has 1 aromatic rings. The van der Waals surface area contributed by atoms with Crippen molar-refractivity contribution in [2.24, 2.45) is 0 Å². The Kier molecular flexibility index (Phi) is 5.20. The van der Waals surface area contributed by atoms with E-state index < -0.39 is 0 Å². The van der Waals surface area contributed by atoms with Crippen LogP contribution in [0.15, 0.2) is 18.2 Å². The van der Waals surface area contributed by atoms with Crippen LogP contribution in [0, 0.1) is 5.82 Å². The molecular formula is C16H25FN2. The molecule has 3 heteroatoms. The fourth-order valence-corrected chi connectivity index (χ4v) is 2.88. The fourth-order valence-electron chi connectivity index (χ4n) is 2.88. The van der Waals surface area contributed by atoms with E-state index in [4.69, 9.17) is 0 Å². The van der Waals surface area contributed by atoms with E-state index in [0.717, 1.165) is 24.3 Å². The summed E-state index contributed by atoms with van der Waals surface area (Å²) >= 11 is 0. The predicted octanol–water partition coefficient (Wildman–Crippen LogP) is 3.70. The highest BCUT2D eigenvalue weighted by molar-refractivity contribution is 5.49. The number of nitrogens with zero attached hydrogens (tertiary/aromatic N) is 1. The summed E-state index contributed by atoms with van der Waals surface area (Å²) in [6, 6.07) is 6.12. The maximum absolute atomic E-state index is 14.2. The van der Waals surface area contributed by atoms with Gasteiger partial charge >= 0.3 is 0 Å². The second-order valence-corrected chi connectivity index (χ2v) is 5.47. The van der Waals surface area contributed by atoms with E-state index in [9.17, 15) is 4.39 Å². The molecule has 0 spiro atoms. The van der Waals surface area contributed by atoms with Crippen molar-refractivity contribution in [1.82, 2.24) is 5.32 Å². The Morgan fingerprint density at radius 2 is 2.00 bits per heavy atom. The van der Waals surface area contributed by atoms with Crippen molar-refractivity contribution < 1.29 is 4.39 Å². The molecule has 0 radical (unpaired) electrons. The Balaban J connectivity index is 2.06. The summed E-state index contributed by atoms with van der Waals surface area (Å²) in [6.45, 7) is 3.70. The van der Waals surface area contributed by atoms with Crippen LogP contribution >= 0.6 is 0 Å². The lowest BCUT2D eigenvalue weighted by Crippen LogP contribution is -2.33. The Morgan fingerprint density at radius 1 is 1.26 bits per heavy atom. The smallest absolute Gasteiger partial charge is 0.146 e. The minimum absolute atomic E-state index is 0.0940. The van der Waals surface area contributed by atoms with Gasteiger partial charge in [0.2, 0.25) is 0 Å². The zero-order chi connectivity index (χ0) is 13.7. The van der Waals surface area contributed by atoms with Gasteiger partial charge in [0.1, 0.15) is 5.82 Å². The van der Waals surface area contributed by atoms with Crippen molar-refractivity contribution in [1.29, 1.82) is 0 Å². The summed E-state index contributed by atoms with van der Waals surface area (Å²) in [7, 11) is 2.03. The average molecular weight is 264 g/mol. The van der Waals surface area contributed by atoms with Crippen LogP contribution in [-0.4, -0.2) is 19.6 Å². The zero-order valence-electron chi connectivity index (χ0n) is 12.1. The van der Waals surface area contributed by atoms with Crippen LogP contribution < -0.4 is 10.2 Å². The molecule has 106 valence electrons. The second kappa shape index (κ2) is 6.90. The van der Waals surface area contributed by atoms with E-state index in [0.29, 0.717) is 6.04 Å². The van der Waals surface area contributed by atoms with E-state index in [1.54, 1.807) is 6.07 Å². The van der Waals surface area contributed by atoms with Crippen LogP contribution in [0.2, 0.25) is 0 Å². The lowest BCUT2D eigenvalue weighted by Gasteiger charge is -2.33. The first kappa shape index (κ1) is 14.3. The third-order valence-electron chi connectivity index (χ3n) is 4.09. The molecule has 0 unspecified atom stereocenters. The van der Waals surface area contributed by atoms with Gasteiger partial charge in [-0.1, -0.05) is 32.3 Å². The number of nitrogens with one attached hydrogen (secondary N) is 1. The van der Waals surface area contributed by atoms with E-state index >= 15 is 0 Å². The molecule has 0 aromatic heterocycles. The highest BCUT2D eigenvalue weighted by atomic mass is 19.1. The fraction of sp³-hybridized carbons (Fsp3) is 0.625. The van der Waals surface area contributed by atoms with Gasteiger partial charge in [-0.2, -0.15) is 0 Å². The third-order valence-corrected chi connectivity index (χ3v) is 4.09. The molecule has 0 amide bonds. The SMILES string of the molecule is CCNCc1ccc(N(C)C2CCCCC2)c(F)c1. The van der Waals surface area contributed by atoms with E-state index in [-0.39, 0.29) is 5.82 Å². The summed E-state index contributed by atoms with van der Waals surface area (Å²) in [5.41, 5.74) is 1.76. The van der Waals surface area contributed by atoms with Crippen LogP contribution in [0.1, 0.15) is 44.6 Å². The maximum atomic E-state index is 14.2. The zero-order valence-corrected chi connectivity index (χ0v) is 12.1. The molecule has 2 rings (SSSR count). The topological polar surface area (TPSA) is 15.3 Å². The molecular weight excluding hydrogens is 239 g/mol. The first-order chi connectivity index (χ1) is 9.22. The van der Waals surface area contributed by atoms with Gasteiger partial charge in [0, 0.05) is 19.6 Å². The van der Waals surface area contributed by atoms with Crippen LogP contribution in [0.25, 0.3) is 0 Å². The molecule has 1 aliphatic carbocycles. The molecule has 0 atom stereocenters. The molecule has 2 nitrogen and oxygen atoms in total. The molecule has 1 fully saturated rings. The summed E-state index contributed by atoms with van der Waals surface area (Å²) in [4.78, 5) is 2.13. The summed E-state index contributed by atoms with van der Waals surface area (Å²) < 4.78 is 14.2. The molecule has 1 aromatic carbocycles.